The first kappa shape index (κ1) is 24.7. The van der Waals surface area contributed by atoms with E-state index in [1.807, 2.05) is 54.6 Å². The molecule has 0 fully saturated rings. The molecule has 0 bridgehead atoms. The van der Waals surface area contributed by atoms with Crippen LogP contribution in [0.4, 0.5) is 0 Å². The monoisotopic (exact) mass is 487 g/mol. The number of hydrogen-bond donors (Lipinski definition) is 6. The van der Waals surface area contributed by atoms with Crippen LogP contribution in [0.3, 0.4) is 0 Å². The van der Waals surface area contributed by atoms with E-state index in [2.05, 4.69) is 25.6 Å². The van der Waals surface area contributed by atoms with Gasteiger partial charge in [-0.05, 0) is 23.6 Å². The first-order chi connectivity index (χ1) is 17.4. The number of nitrogens with two attached hydrogens (primary N) is 2. The molecule has 0 aliphatic rings. The van der Waals surface area contributed by atoms with Crippen molar-refractivity contribution < 1.29 is 14.4 Å². The minimum absolute atomic E-state index is 0.141. The number of nitrogens with one attached hydrogen (secondary N) is 4. The summed E-state index contributed by atoms with van der Waals surface area (Å²) in [5, 5.41) is 6.40. The molecule has 3 amide bonds. The van der Waals surface area contributed by atoms with Crippen molar-refractivity contribution in [2.24, 2.45) is 11.5 Å². The van der Waals surface area contributed by atoms with Crippen LogP contribution in [0.2, 0.25) is 0 Å². The van der Waals surface area contributed by atoms with Crippen molar-refractivity contribution in [3.8, 4) is 0 Å². The van der Waals surface area contributed by atoms with E-state index in [-0.39, 0.29) is 12.8 Å². The van der Waals surface area contributed by atoms with Gasteiger partial charge in [-0.15, -0.1) is 0 Å². The molecule has 0 aliphatic heterocycles. The zero-order valence-corrected chi connectivity index (χ0v) is 19.6. The third-order valence-electron chi connectivity index (χ3n) is 6.01. The minimum atomic E-state index is -0.988. The molecular weight excluding hydrogens is 458 g/mol. The van der Waals surface area contributed by atoms with Crippen LogP contribution in [0, 0.1) is 0 Å². The lowest BCUT2D eigenvalue weighted by Crippen LogP contribution is -2.56. The summed E-state index contributed by atoms with van der Waals surface area (Å²) in [6.45, 7) is 0. The number of amides is 3. The van der Waals surface area contributed by atoms with Crippen molar-refractivity contribution >= 4 is 28.6 Å². The summed E-state index contributed by atoms with van der Waals surface area (Å²) in [4.78, 5) is 48.4. The van der Waals surface area contributed by atoms with Gasteiger partial charge in [0.05, 0.1) is 12.4 Å². The van der Waals surface area contributed by atoms with E-state index in [0.717, 1.165) is 22.0 Å². The highest BCUT2D eigenvalue weighted by molar-refractivity contribution is 5.93. The molecule has 4 aromatic rings. The molecule has 186 valence electrons. The van der Waals surface area contributed by atoms with Crippen LogP contribution in [0.25, 0.3) is 10.9 Å². The number of imidazole rings is 1. The van der Waals surface area contributed by atoms with Gasteiger partial charge < -0.3 is 32.1 Å². The van der Waals surface area contributed by atoms with E-state index in [1.165, 1.54) is 6.33 Å². The van der Waals surface area contributed by atoms with E-state index in [4.69, 9.17) is 11.5 Å². The van der Waals surface area contributed by atoms with Crippen LogP contribution in [0.1, 0.15) is 16.8 Å². The van der Waals surface area contributed by atoms with Gasteiger partial charge in [0, 0.05) is 41.8 Å². The first-order valence-electron chi connectivity index (χ1n) is 11.6. The fourth-order valence-electron chi connectivity index (χ4n) is 4.08. The van der Waals surface area contributed by atoms with Crippen LogP contribution in [-0.4, -0.2) is 50.8 Å². The number of rotatable bonds is 11. The highest BCUT2D eigenvalue weighted by Gasteiger charge is 2.28. The summed E-state index contributed by atoms with van der Waals surface area (Å²) in [7, 11) is 0. The van der Waals surface area contributed by atoms with E-state index < -0.39 is 35.8 Å². The fraction of sp³-hybridized carbons (Fsp3) is 0.231. The lowest BCUT2D eigenvalue weighted by molar-refractivity contribution is -0.131. The van der Waals surface area contributed by atoms with Gasteiger partial charge in [0.2, 0.25) is 17.7 Å². The number of nitrogens with zero attached hydrogens (tertiary/aromatic N) is 1. The third-order valence-corrected chi connectivity index (χ3v) is 6.01. The second kappa shape index (κ2) is 11.3. The SMILES string of the molecule is NC(=O)[C@H](Cc1cnc[nH]1)NC(=O)[C@H](Cc1c[nH]c2ccccc12)NC(=O)[C@@H](N)Cc1ccccc1. The Kier molecular flexibility index (Phi) is 7.76. The summed E-state index contributed by atoms with van der Waals surface area (Å²) in [5.41, 5.74) is 15.0. The summed E-state index contributed by atoms with van der Waals surface area (Å²) < 4.78 is 0. The Morgan fingerprint density at radius 1 is 0.861 bits per heavy atom. The Labute approximate surface area is 207 Å². The molecule has 2 aromatic heterocycles. The van der Waals surface area contributed by atoms with Gasteiger partial charge in [-0.2, -0.15) is 0 Å². The predicted octanol–water partition coefficient (Wildman–Crippen LogP) is 0.701. The number of H-pyrrole nitrogens is 2. The van der Waals surface area contributed by atoms with Crippen molar-refractivity contribution in [3.63, 3.8) is 0 Å². The maximum atomic E-state index is 13.4. The molecule has 0 saturated heterocycles. The van der Waals surface area contributed by atoms with Crippen LogP contribution in [-0.2, 0) is 33.6 Å². The molecule has 0 saturated carbocycles. The number of aromatic amines is 2. The zero-order chi connectivity index (χ0) is 25.5. The molecular formula is C26H29N7O3. The predicted molar refractivity (Wildman–Crippen MR) is 135 cm³/mol. The Bertz CT molecular complexity index is 1320. The van der Waals surface area contributed by atoms with Crippen LogP contribution < -0.4 is 22.1 Å². The maximum absolute atomic E-state index is 13.4. The molecule has 4 rings (SSSR count). The van der Waals surface area contributed by atoms with Crippen molar-refractivity contribution in [2.45, 2.75) is 37.4 Å². The largest absolute Gasteiger partial charge is 0.368 e. The number of para-hydroxylation sites is 1. The summed E-state index contributed by atoms with van der Waals surface area (Å²) in [5.74, 6) is -1.71. The van der Waals surface area contributed by atoms with Gasteiger partial charge in [-0.1, -0.05) is 48.5 Å². The molecule has 0 spiro atoms. The molecule has 10 heteroatoms. The third kappa shape index (κ3) is 6.16. The molecule has 8 N–H and O–H groups in total. The number of benzene rings is 2. The topological polar surface area (TPSA) is 172 Å². The van der Waals surface area contributed by atoms with Crippen molar-refractivity contribution in [1.82, 2.24) is 25.6 Å². The molecule has 2 heterocycles. The fourth-order valence-corrected chi connectivity index (χ4v) is 4.08. The molecule has 0 aliphatic carbocycles. The van der Waals surface area contributed by atoms with Crippen LogP contribution >= 0.6 is 0 Å². The zero-order valence-electron chi connectivity index (χ0n) is 19.6. The van der Waals surface area contributed by atoms with Gasteiger partial charge in [0.25, 0.3) is 0 Å². The number of aromatic nitrogens is 3. The van der Waals surface area contributed by atoms with E-state index in [9.17, 15) is 14.4 Å². The Balaban J connectivity index is 1.52. The molecule has 0 radical (unpaired) electrons. The Morgan fingerprint density at radius 2 is 1.58 bits per heavy atom. The molecule has 36 heavy (non-hydrogen) atoms. The van der Waals surface area contributed by atoms with Gasteiger partial charge in [-0.3, -0.25) is 14.4 Å². The highest BCUT2D eigenvalue weighted by atomic mass is 16.2. The molecule has 10 nitrogen and oxygen atoms in total. The lowest BCUT2D eigenvalue weighted by atomic mass is 10.0. The summed E-state index contributed by atoms with van der Waals surface area (Å²) in [6, 6.07) is 14.2. The number of carbonyl (C=O) groups is 3. The number of carbonyl (C=O) groups excluding carboxylic acids is 3. The Morgan fingerprint density at radius 3 is 2.31 bits per heavy atom. The van der Waals surface area contributed by atoms with Gasteiger partial charge in [-0.25, -0.2) is 4.98 Å². The van der Waals surface area contributed by atoms with Crippen molar-refractivity contribution in [3.05, 3.63) is 90.1 Å². The second-order valence-electron chi connectivity index (χ2n) is 8.67. The number of primary amides is 1. The minimum Gasteiger partial charge on any atom is -0.368 e. The van der Waals surface area contributed by atoms with E-state index in [1.54, 1.807) is 12.4 Å². The van der Waals surface area contributed by atoms with Crippen molar-refractivity contribution in [2.75, 3.05) is 0 Å². The quantitative estimate of drug-likeness (QED) is 0.182. The average molecular weight is 488 g/mol. The number of fused-ring (bicyclic) bond motifs is 1. The first-order valence-corrected chi connectivity index (χ1v) is 11.6. The lowest BCUT2D eigenvalue weighted by Gasteiger charge is -2.23. The van der Waals surface area contributed by atoms with Gasteiger partial charge >= 0.3 is 0 Å². The standard InChI is InChI=1S/C26H29N7O3/c27-20(10-16-6-2-1-3-7-16)25(35)33-23(11-17-13-30-21-9-5-4-8-19(17)21)26(36)32-22(24(28)34)12-18-14-29-15-31-18/h1-9,13-15,20,22-23,30H,10-12,27H2,(H2,28,34)(H,29,31)(H,32,36)(H,33,35)/t20-,22-,23-/m0/s1. The molecule has 0 unspecified atom stereocenters. The Hall–Kier alpha value is -4.44. The van der Waals surface area contributed by atoms with Crippen LogP contribution in [0.5, 0.6) is 0 Å². The number of hydrogen-bond acceptors (Lipinski definition) is 5. The summed E-state index contributed by atoms with van der Waals surface area (Å²) >= 11 is 0. The van der Waals surface area contributed by atoms with Gasteiger partial charge in [0.1, 0.15) is 12.1 Å². The van der Waals surface area contributed by atoms with Crippen molar-refractivity contribution in [1.29, 1.82) is 0 Å². The second-order valence-corrected chi connectivity index (χ2v) is 8.67. The smallest absolute Gasteiger partial charge is 0.243 e. The normalized spacial score (nSPS) is 13.6. The van der Waals surface area contributed by atoms with E-state index in [0.29, 0.717) is 12.1 Å². The van der Waals surface area contributed by atoms with Crippen LogP contribution in [0.15, 0.2) is 73.3 Å². The van der Waals surface area contributed by atoms with Gasteiger partial charge in [0.15, 0.2) is 0 Å². The average Bonchev–Trinajstić information content (AvgIpc) is 3.54. The highest BCUT2D eigenvalue weighted by Crippen LogP contribution is 2.19. The van der Waals surface area contributed by atoms with E-state index >= 15 is 0 Å². The maximum Gasteiger partial charge on any atom is 0.243 e. The molecule has 2 aromatic carbocycles. The molecule has 3 atom stereocenters. The summed E-state index contributed by atoms with van der Waals surface area (Å²) in [6.07, 6.45) is 5.48.